The highest BCUT2D eigenvalue weighted by atomic mass is 79.9. The standard InChI is InChI=1S/C9H12BrNO3S/c1-14-11-6-7-5-8(10)3-4-9(7)15(2,12)13/h3-5,11H,6H2,1-2H3. The molecule has 0 aliphatic carbocycles. The second-order valence-electron chi connectivity index (χ2n) is 3.05. The Balaban J connectivity index is 3.15. The normalized spacial score (nSPS) is 11.7. The number of hydroxylamine groups is 1. The lowest BCUT2D eigenvalue weighted by Gasteiger charge is -2.08. The molecule has 1 N–H and O–H groups in total. The molecule has 84 valence electrons. The van der Waals surface area contributed by atoms with Gasteiger partial charge in [-0.3, -0.25) is 0 Å². The van der Waals surface area contributed by atoms with Crippen molar-refractivity contribution in [2.75, 3.05) is 13.4 Å². The van der Waals surface area contributed by atoms with Crippen molar-refractivity contribution < 1.29 is 13.3 Å². The van der Waals surface area contributed by atoms with E-state index in [0.717, 1.165) is 4.47 Å². The third-order valence-corrected chi connectivity index (χ3v) is 3.52. The van der Waals surface area contributed by atoms with Crippen LogP contribution in [0.2, 0.25) is 0 Å². The third-order valence-electron chi connectivity index (χ3n) is 1.83. The second-order valence-corrected chi connectivity index (χ2v) is 5.95. The Bertz CT molecular complexity index is 445. The Morgan fingerprint density at radius 2 is 2.13 bits per heavy atom. The van der Waals surface area contributed by atoms with Gasteiger partial charge in [-0.25, -0.2) is 8.42 Å². The maximum Gasteiger partial charge on any atom is 0.175 e. The molecule has 1 rings (SSSR count). The van der Waals surface area contributed by atoms with Crippen LogP contribution in [0.15, 0.2) is 27.6 Å². The van der Waals surface area contributed by atoms with Gasteiger partial charge in [0.2, 0.25) is 0 Å². The minimum Gasteiger partial charge on any atom is -0.305 e. The molecule has 1 aromatic carbocycles. The van der Waals surface area contributed by atoms with E-state index in [0.29, 0.717) is 17.0 Å². The highest BCUT2D eigenvalue weighted by molar-refractivity contribution is 9.10. The molecule has 0 unspecified atom stereocenters. The monoisotopic (exact) mass is 293 g/mol. The van der Waals surface area contributed by atoms with E-state index in [9.17, 15) is 8.42 Å². The Morgan fingerprint density at radius 3 is 2.67 bits per heavy atom. The molecule has 0 aromatic heterocycles. The first-order valence-corrected chi connectivity index (χ1v) is 6.88. The van der Waals surface area contributed by atoms with E-state index in [4.69, 9.17) is 4.84 Å². The molecular weight excluding hydrogens is 282 g/mol. The molecule has 0 spiro atoms. The quantitative estimate of drug-likeness (QED) is 0.855. The van der Waals surface area contributed by atoms with Gasteiger partial charge in [-0.2, -0.15) is 5.48 Å². The molecule has 0 heterocycles. The first kappa shape index (κ1) is 12.6. The molecule has 15 heavy (non-hydrogen) atoms. The van der Waals surface area contributed by atoms with Crippen molar-refractivity contribution in [2.24, 2.45) is 0 Å². The summed E-state index contributed by atoms with van der Waals surface area (Å²) in [6.45, 7) is 0.346. The lowest BCUT2D eigenvalue weighted by molar-refractivity contribution is 0.0861. The fraction of sp³-hybridized carbons (Fsp3) is 0.333. The molecule has 0 aliphatic heterocycles. The summed E-state index contributed by atoms with van der Waals surface area (Å²) in [6, 6.07) is 5.03. The van der Waals surface area contributed by atoms with Crippen molar-refractivity contribution in [1.29, 1.82) is 0 Å². The Morgan fingerprint density at radius 1 is 1.47 bits per heavy atom. The fourth-order valence-corrected chi connectivity index (χ4v) is 2.53. The number of nitrogens with one attached hydrogen (secondary N) is 1. The summed E-state index contributed by atoms with van der Waals surface area (Å²) in [5.41, 5.74) is 3.29. The van der Waals surface area contributed by atoms with E-state index < -0.39 is 9.84 Å². The zero-order chi connectivity index (χ0) is 11.5. The van der Waals surface area contributed by atoms with E-state index >= 15 is 0 Å². The summed E-state index contributed by atoms with van der Waals surface area (Å²) < 4.78 is 23.7. The highest BCUT2D eigenvalue weighted by Crippen LogP contribution is 2.20. The number of rotatable bonds is 4. The van der Waals surface area contributed by atoms with Crippen molar-refractivity contribution in [3.8, 4) is 0 Å². The van der Waals surface area contributed by atoms with Gasteiger partial charge in [-0.15, -0.1) is 0 Å². The van der Waals surface area contributed by atoms with Crippen LogP contribution in [0.4, 0.5) is 0 Å². The summed E-state index contributed by atoms with van der Waals surface area (Å²) in [4.78, 5) is 5.01. The van der Waals surface area contributed by atoms with Crippen LogP contribution >= 0.6 is 15.9 Å². The number of halogens is 1. The maximum absolute atomic E-state index is 11.4. The van der Waals surface area contributed by atoms with E-state index in [1.807, 2.05) is 0 Å². The Kier molecular flexibility index (Phi) is 4.27. The fourth-order valence-electron chi connectivity index (χ4n) is 1.20. The number of benzene rings is 1. The summed E-state index contributed by atoms with van der Waals surface area (Å²) in [5, 5.41) is 0. The minimum atomic E-state index is -3.20. The van der Waals surface area contributed by atoms with E-state index in [1.54, 1.807) is 18.2 Å². The van der Waals surface area contributed by atoms with Gasteiger partial charge >= 0.3 is 0 Å². The zero-order valence-electron chi connectivity index (χ0n) is 8.45. The van der Waals surface area contributed by atoms with Crippen LogP contribution in [0.3, 0.4) is 0 Å². The van der Waals surface area contributed by atoms with Gasteiger partial charge in [-0.1, -0.05) is 15.9 Å². The van der Waals surface area contributed by atoms with Crippen LogP contribution in [0.5, 0.6) is 0 Å². The first-order valence-electron chi connectivity index (χ1n) is 4.19. The lowest BCUT2D eigenvalue weighted by atomic mass is 10.2. The van der Waals surface area contributed by atoms with Crippen LogP contribution in [0.1, 0.15) is 5.56 Å². The van der Waals surface area contributed by atoms with E-state index in [1.165, 1.54) is 13.4 Å². The minimum absolute atomic E-state index is 0.315. The second kappa shape index (κ2) is 5.07. The summed E-state index contributed by atoms with van der Waals surface area (Å²) >= 11 is 3.29. The van der Waals surface area contributed by atoms with E-state index in [2.05, 4.69) is 21.4 Å². The summed E-state index contributed by atoms with van der Waals surface area (Å²) in [6.07, 6.45) is 1.19. The molecule has 0 saturated carbocycles. The van der Waals surface area contributed by atoms with Gasteiger partial charge in [0.05, 0.1) is 12.0 Å². The van der Waals surface area contributed by atoms with Gasteiger partial charge < -0.3 is 4.84 Å². The van der Waals surface area contributed by atoms with Crippen molar-refractivity contribution in [3.05, 3.63) is 28.2 Å². The van der Waals surface area contributed by atoms with Crippen molar-refractivity contribution in [3.63, 3.8) is 0 Å². The molecule has 0 radical (unpaired) electrons. The van der Waals surface area contributed by atoms with Gasteiger partial charge in [0.25, 0.3) is 0 Å². The smallest absolute Gasteiger partial charge is 0.175 e. The molecule has 0 atom stereocenters. The van der Waals surface area contributed by atoms with Crippen molar-refractivity contribution in [1.82, 2.24) is 5.48 Å². The molecule has 1 aromatic rings. The maximum atomic E-state index is 11.4. The summed E-state index contributed by atoms with van der Waals surface area (Å²) in [5.74, 6) is 0. The Labute approximate surface area is 97.6 Å². The lowest BCUT2D eigenvalue weighted by Crippen LogP contribution is -2.14. The van der Waals surface area contributed by atoms with Crippen LogP contribution < -0.4 is 5.48 Å². The molecule has 0 saturated heterocycles. The molecule has 0 fully saturated rings. The number of hydrogen-bond donors (Lipinski definition) is 1. The van der Waals surface area contributed by atoms with Crippen molar-refractivity contribution in [2.45, 2.75) is 11.4 Å². The van der Waals surface area contributed by atoms with Crippen molar-refractivity contribution >= 4 is 25.8 Å². The van der Waals surface area contributed by atoms with Crippen LogP contribution in [0.25, 0.3) is 0 Å². The highest BCUT2D eigenvalue weighted by Gasteiger charge is 2.12. The van der Waals surface area contributed by atoms with Gasteiger partial charge in [0, 0.05) is 17.3 Å². The average molecular weight is 294 g/mol. The van der Waals surface area contributed by atoms with Gasteiger partial charge in [0.1, 0.15) is 0 Å². The van der Waals surface area contributed by atoms with Crippen LogP contribution in [-0.4, -0.2) is 21.8 Å². The van der Waals surface area contributed by atoms with Gasteiger partial charge in [0.15, 0.2) is 9.84 Å². The third kappa shape index (κ3) is 3.57. The van der Waals surface area contributed by atoms with Crippen LogP contribution in [0, 0.1) is 0 Å². The van der Waals surface area contributed by atoms with Gasteiger partial charge in [-0.05, 0) is 23.8 Å². The van der Waals surface area contributed by atoms with E-state index in [-0.39, 0.29) is 0 Å². The molecule has 6 heteroatoms. The molecule has 4 nitrogen and oxygen atoms in total. The molecule has 0 bridgehead atoms. The van der Waals surface area contributed by atoms with Crippen LogP contribution in [-0.2, 0) is 21.2 Å². The Hall–Kier alpha value is -0.430. The average Bonchev–Trinajstić information content (AvgIpc) is 2.12. The predicted molar refractivity (Wildman–Crippen MR) is 61.1 cm³/mol. The molecule has 0 aliphatic rings. The molecule has 0 amide bonds. The predicted octanol–water partition coefficient (Wildman–Crippen LogP) is 1.50. The number of sulfone groups is 1. The topological polar surface area (TPSA) is 55.4 Å². The largest absolute Gasteiger partial charge is 0.305 e. The zero-order valence-corrected chi connectivity index (χ0v) is 10.9. The summed E-state index contributed by atoms with van der Waals surface area (Å²) in [7, 11) is -1.71. The first-order chi connectivity index (χ1) is 6.95. The molecular formula is C9H12BrNO3S. The number of hydrogen-bond acceptors (Lipinski definition) is 4. The SMILES string of the molecule is CONCc1cc(Br)ccc1S(C)(=O)=O.